The molecular weight excluding hydrogens is 130 g/mol. The molecular formula is C6H11N3O. The Morgan fingerprint density at radius 3 is 1.50 bits per heavy atom. The van der Waals surface area contributed by atoms with Gasteiger partial charge in [0.1, 0.15) is 0 Å². The van der Waals surface area contributed by atoms with Crippen LogP contribution in [0.15, 0.2) is 24.3 Å². The van der Waals surface area contributed by atoms with Crippen LogP contribution in [0.5, 0.6) is 0 Å². The molecule has 0 amide bonds. The van der Waals surface area contributed by atoms with Gasteiger partial charge in [-0.1, -0.05) is 12.1 Å². The Balaban J connectivity index is 0.000000371. The molecule has 1 aromatic rings. The molecule has 1 rings (SSSR count). The van der Waals surface area contributed by atoms with E-state index in [1.165, 1.54) is 0 Å². The summed E-state index contributed by atoms with van der Waals surface area (Å²) >= 11 is 0. The summed E-state index contributed by atoms with van der Waals surface area (Å²) in [4.78, 5) is 0. The molecule has 0 unspecified atom stereocenters. The number of benzene rings is 1. The fraction of sp³-hybridized carbons (Fsp3) is 0. The first-order valence-corrected chi connectivity index (χ1v) is 2.69. The van der Waals surface area contributed by atoms with E-state index in [1.54, 1.807) is 12.1 Å². The summed E-state index contributed by atoms with van der Waals surface area (Å²) in [5.74, 6) is 2.00. The van der Waals surface area contributed by atoms with Crippen LogP contribution in [0.1, 0.15) is 0 Å². The van der Waals surface area contributed by atoms with Gasteiger partial charge in [-0.2, -0.15) is 0 Å². The first kappa shape index (κ1) is 8.74. The van der Waals surface area contributed by atoms with Crippen LogP contribution in [0.2, 0.25) is 0 Å². The van der Waals surface area contributed by atoms with E-state index in [9.17, 15) is 0 Å². The average Bonchev–Trinajstić information content (AvgIpc) is 2.00. The van der Waals surface area contributed by atoms with Crippen LogP contribution in [-0.4, -0.2) is 0 Å². The molecule has 56 valence electrons. The maximum atomic E-state index is 8.00. The van der Waals surface area contributed by atoms with Crippen molar-refractivity contribution in [1.29, 1.82) is 0 Å². The smallest absolute Gasteiger partial charge is 0.0547 e. The highest BCUT2D eigenvalue weighted by Crippen LogP contribution is 2.10. The third-order valence-corrected chi connectivity index (χ3v) is 0.996. The standard InChI is InChI=1S/C6H8N2.H3NO/c7-5-3-1-2-4-6(5)8;1-2/h1-4H,7-8H2;1H3. The van der Waals surface area contributed by atoms with E-state index in [2.05, 4.69) is 0 Å². The molecule has 0 saturated heterocycles. The highest BCUT2D eigenvalue weighted by molar-refractivity contribution is 5.62. The zero-order chi connectivity index (χ0) is 7.98. The number of anilines is 2. The van der Waals surface area contributed by atoms with Crippen molar-refractivity contribution < 1.29 is 5.90 Å². The number of hydrogen-bond donors (Lipinski definition) is 3. The molecule has 0 aliphatic rings. The lowest BCUT2D eigenvalue weighted by Crippen LogP contribution is -2.37. The summed E-state index contributed by atoms with van der Waals surface area (Å²) in [6.45, 7) is 0. The summed E-state index contributed by atoms with van der Waals surface area (Å²) in [6, 6.07) is 7.25. The minimum atomic E-state index is 0.646. The van der Waals surface area contributed by atoms with Crippen molar-refractivity contribution in [1.82, 2.24) is 0 Å². The third kappa shape index (κ3) is 2.34. The zero-order valence-corrected chi connectivity index (χ0v) is 5.58. The van der Waals surface area contributed by atoms with E-state index in [0.717, 1.165) is 0 Å². The Morgan fingerprint density at radius 2 is 1.30 bits per heavy atom. The molecule has 0 atom stereocenters. The van der Waals surface area contributed by atoms with Crippen LogP contribution in [-0.2, 0) is 0 Å². The zero-order valence-electron chi connectivity index (χ0n) is 5.58. The molecule has 7 N–H and O–H groups in total. The summed E-state index contributed by atoms with van der Waals surface area (Å²) in [5, 5.41) is 8.00. The number of rotatable bonds is 0. The molecule has 0 heterocycles. The van der Waals surface area contributed by atoms with Gasteiger partial charge in [0.25, 0.3) is 0 Å². The SMILES string of the molecule is Nc1ccccc1N.[NH3+][O-]. The van der Waals surface area contributed by atoms with Gasteiger partial charge >= 0.3 is 0 Å². The molecule has 10 heavy (non-hydrogen) atoms. The van der Waals surface area contributed by atoms with E-state index >= 15 is 0 Å². The largest absolute Gasteiger partial charge is 0.637 e. The quantitative estimate of drug-likeness (QED) is 0.337. The predicted molar refractivity (Wildman–Crippen MR) is 41.5 cm³/mol. The minimum absolute atomic E-state index is 0.646. The number of nitrogens with two attached hydrogens (primary N) is 2. The van der Waals surface area contributed by atoms with Crippen LogP contribution in [0.25, 0.3) is 0 Å². The monoisotopic (exact) mass is 141 g/mol. The number of para-hydroxylation sites is 2. The fourth-order valence-corrected chi connectivity index (χ4v) is 0.511. The molecule has 0 radical (unpaired) electrons. The second-order valence-corrected chi connectivity index (χ2v) is 1.63. The Labute approximate surface area is 59.2 Å². The highest BCUT2D eigenvalue weighted by Gasteiger charge is 1.85. The topological polar surface area (TPSA) is 103 Å². The van der Waals surface area contributed by atoms with Gasteiger partial charge in [0.2, 0.25) is 0 Å². The second kappa shape index (κ2) is 4.60. The van der Waals surface area contributed by atoms with Crippen molar-refractivity contribution in [3.8, 4) is 0 Å². The van der Waals surface area contributed by atoms with E-state index in [-0.39, 0.29) is 0 Å². The summed E-state index contributed by atoms with van der Waals surface area (Å²) in [7, 11) is 0. The van der Waals surface area contributed by atoms with Gasteiger partial charge in [0.05, 0.1) is 11.4 Å². The fourth-order valence-electron chi connectivity index (χ4n) is 0.511. The van der Waals surface area contributed by atoms with E-state index in [1.807, 2.05) is 18.0 Å². The van der Waals surface area contributed by atoms with Crippen molar-refractivity contribution >= 4 is 11.4 Å². The Hall–Kier alpha value is -1.26. The molecule has 0 bridgehead atoms. The summed E-state index contributed by atoms with van der Waals surface area (Å²) in [6.07, 6.45) is 0. The van der Waals surface area contributed by atoms with Crippen LogP contribution in [0.4, 0.5) is 11.4 Å². The van der Waals surface area contributed by atoms with Crippen molar-refractivity contribution in [3.63, 3.8) is 0 Å². The normalized spacial score (nSPS) is 7.80. The molecule has 0 aromatic heterocycles. The van der Waals surface area contributed by atoms with Crippen molar-refractivity contribution in [2.45, 2.75) is 0 Å². The van der Waals surface area contributed by atoms with Crippen molar-refractivity contribution in [2.24, 2.45) is 0 Å². The van der Waals surface area contributed by atoms with Gasteiger partial charge in [0, 0.05) is 0 Å². The molecule has 0 fully saturated rings. The molecule has 0 spiro atoms. The minimum Gasteiger partial charge on any atom is -0.637 e. The van der Waals surface area contributed by atoms with Gasteiger partial charge in [0.15, 0.2) is 0 Å². The maximum absolute atomic E-state index is 8.00. The van der Waals surface area contributed by atoms with Crippen LogP contribution < -0.4 is 17.4 Å². The Morgan fingerprint density at radius 1 is 1.00 bits per heavy atom. The summed E-state index contributed by atoms with van der Waals surface area (Å²) in [5.41, 5.74) is 12.1. The Kier molecular flexibility index (Phi) is 4.02. The lowest BCUT2D eigenvalue weighted by atomic mass is 10.3. The highest BCUT2D eigenvalue weighted by atomic mass is 16.4. The average molecular weight is 141 g/mol. The molecule has 0 aliphatic heterocycles. The second-order valence-electron chi connectivity index (χ2n) is 1.63. The first-order valence-electron chi connectivity index (χ1n) is 2.69. The number of nitrogen functional groups attached to an aromatic ring is 2. The van der Waals surface area contributed by atoms with E-state index in [4.69, 9.17) is 16.7 Å². The van der Waals surface area contributed by atoms with Gasteiger partial charge in [-0.25, -0.2) is 0 Å². The van der Waals surface area contributed by atoms with Gasteiger partial charge in [-0.15, -0.1) is 0 Å². The number of hydrogen-bond acceptors (Lipinski definition) is 3. The molecule has 0 saturated carbocycles. The van der Waals surface area contributed by atoms with E-state index < -0.39 is 0 Å². The van der Waals surface area contributed by atoms with Crippen LogP contribution >= 0.6 is 0 Å². The Bertz CT molecular complexity index is 169. The van der Waals surface area contributed by atoms with E-state index in [0.29, 0.717) is 11.4 Å². The maximum Gasteiger partial charge on any atom is 0.0547 e. The lowest BCUT2D eigenvalue weighted by Gasteiger charge is -1.94. The molecule has 1 aromatic carbocycles. The van der Waals surface area contributed by atoms with Gasteiger partial charge in [-0.3, -0.25) is 0 Å². The van der Waals surface area contributed by atoms with Crippen LogP contribution in [0, 0.1) is 5.21 Å². The molecule has 0 aliphatic carbocycles. The third-order valence-electron chi connectivity index (χ3n) is 0.996. The van der Waals surface area contributed by atoms with Gasteiger partial charge < -0.3 is 22.6 Å². The number of quaternary nitrogens is 1. The molecule has 4 nitrogen and oxygen atoms in total. The molecule has 4 heteroatoms. The van der Waals surface area contributed by atoms with Crippen molar-refractivity contribution in [3.05, 3.63) is 29.5 Å². The predicted octanol–water partition coefficient (Wildman–Crippen LogP) is -0.423. The summed E-state index contributed by atoms with van der Waals surface area (Å²) < 4.78 is 0. The lowest BCUT2D eigenvalue weighted by molar-refractivity contribution is -0.275. The first-order chi connectivity index (χ1) is 4.80. The van der Waals surface area contributed by atoms with Gasteiger partial charge in [-0.05, 0) is 12.1 Å². The van der Waals surface area contributed by atoms with Crippen LogP contribution in [0.3, 0.4) is 0 Å². The van der Waals surface area contributed by atoms with Crippen molar-refractivity contribution in [2.75, 3.05) is 11.5 Å².